The molecule has 0 bridgehead atoms. The lowest BCUT2D eigenvalue weighted by molar-refractivity contribution is 1.01. The molecule has 0 aliphatic carbocycles. The van der Waals surface area contributed by atoms with E-state index in [9.17, 15) is 0 Å². The fourth-order valence-electron chi connectivity index (χ4n) is 0.808. The van der Waals surface area contributed by atoms with Crippen LogP contribution in [-0.2, 0) is 6.54 Å². The fraction of sp³-hybridized carbons (Fsp3) is 0.250. The zero-order valence-corrected chi connectivity index (χ0v) is 5.52. The number of nitrogens with one attached hydrogen (secondary N) is 1. The van der Waals surface area contributed by atoms with Gasteiger partial charge in [0.1, 0.15) is 0 Å². The van der Waals surface area contributed by atoms with Crippen LogP contribution in [0.2, 0.25) is 0 Å². The second-order valence-corrected chi connectivity index (χ2v) is 2.10. The third-order valence-corrected chi connectivity index (χ3v) is 1.45. The molecule has 0 aliphatic heterocycles. The summed E-state index contributed by atoms with van der Waals surface area (Å²) < 4.78 is 0. The third-order valence-electron chi connectivity index (χ3n) is 1.45. The Bertz CT molecular complexity index is 194. The van der Waals surface area contributed by atoms with Gasteiger partial charge < -0.3 is 0 Å². The van der Waals surface area contributed by atoms with Gasteiger partial charge in [0.05, 0.1) is 0 Å². The number of hydrogen-bond acceptors (Lipinski definition) is 0. The van der Waals surface area contributed by atoms with E-state index in [1.807, 2.05) is 31.2 Å². The monoisotopic (exact) mass is 120 g/mol. The molecular weight excluding hydrogens is 110 g/mol. The smallest absolute Gasteiger partial charge is 0.0353 e. The molecule has 47 valence electrons. The lowest BCUT2D eigenvalue weighted by atomic mass is 10.1. The van der Waals surface area contributed by atoms with Crippen LogP contribution in [-0.4, -0.2) is 0 Å². The molecule has 0 unspecified atom stereocenters. The van der Waals surface area contributed by atoms with Crippen molar-refractivity contribution >= 4 is 0 Å². The Morgan fingerprint density at radius 3 is 2.44 bits per heavy atom. The zero-order valence-electron chi connectivity index (χ0n) is 5.52. The highest BCUT2D eigenvalue weighted by molar-refractivity contribution is 5.24. The van der Waals surface area contributed by atoms with E-state index < -0.39 is 0 Å². The van der Waals surface area contributed by atoms with E-state index in [2.05, 4.69) is 0 Å². The molecule has 0 saturated heterocycles. The van der Waals surface area contributed by atoms with Crippen molar-refractivity contribution in [2.45, 2.75) is 13.5 Å². The van der Waals surface area contributed by atoms with E-state index in [4.69, 9.17) is 5.73 Å². The summed E-state index contributed by atoms with van der Waals surface area (Å²) in [6.07, 6.45) is 0. The van der Waals surface area contributed by atoms with Gasteiger partial charge in [0, 0.05) is 6.54 Å². The maximum Gasteiger partial charge on any atom is 0.0353 e. The SMILES string of the molecule is Cc1ccccc1C[NH]. The van der Waals surface area contributed by atoms with Crippen LogP contribution in [0.4, 0.5) is 0 Å². The van der Waals surface area contributed by atoms with Crippen LogP contribution in [0.3, 0.4) is 0 Å². The molecule has 9 heavy (non-hydrogen) atoms. The Hall–Kier alpha value is -0.820. The van der Waals surface area contributed by atoms with Crippen molar-refractivity contribution in [3.8, 4) is 0 Å². The van der Waals surface area contributed by atoms with Gasteiger partial charge in [-0.15, -0.1) is 0 Å². The third kappa shape index (κ3) is 1.30. The standard InChI is InChI=1S/C8H10N/c1-7-4-2-3-5-8(7)6-9/h2-5,9H,6H2,1H3. The average molecular weight is 120 g/mol. The maximum atomic E-state index is 7.08. The highest BCUT2D eigenvalue weighted by Crippen LogP contribution is 2.04. The predicted molar refractivity (Wildman–Crippen MR) is 38.0 cm³/mol. The molecule has 0 amide bonds. The van der Waals surface area contributed by atoms with Gasteiger partial charge in [-0.1, -0.05) is 24.3 Å². The number of aryl methyl sites for hydroxylation is 1. The minimum Gasteiger partial charge on any atom is -0.253 e. The highest BCUT2D eigenvalue weighted by Gasteiger charge is 1.90. The predicted octanol–water partition coefficient (Wildman–Crippen LogP) is 1.78. The molecule has 0 spiro atoms. The van der Waals surface area contributed by atoms with Gasteiger partial charge in [-0.05, 0) is 18.1 Å². The van der Waals surface area contributed by atoms with Crippen molar-refractivity contribution in [2.75, 3.05) is 0 Å². The number of benzene rings is 1. The molecule has 0 atom stereocenters. The number of hydrogen-bond donors (Lipinski definition) is 0. The lowest BCUT2D eigenvalue weighted by Gasteiger charge is -1.97. The van der Waals surface area contributed by atoms with Crippen LogP contribution in [0.5, 0.6) is 0 Å². The van der Waals surface area contributed by atoms with E-state index in [-0.39, 0.29) is 0 Å². The molecule has 0 aliphatic rings. The summed E-state index contributed by atoms with van der Waals surface area (Å²) >= 11 is 0. The van der Waals surface area contributed by atoms with Crippen molar-refractivity contribution in [2.24, 2.45) is 0 Å². The van der Waals surface area contributed by atoms with Crippen molar-refractivity contribution in [3.05, 3.63) is 35.4 Å². The van der Waals surface area contributed by atoms with Gasteiger partial charge in [-0.2, -0.15) is 0 Å². The Balaban J connectivity index is 3.01. The highest BCUT2D eigenvalue weighted by atomic mass is 14.5. The van der Waals surface area contributed by atoms with Gasteiger partial charge in [-0.25, -0.2) is 0 Å². The first kappa shape index (κ1) is 6.30. The summed E-state index contributed by atoms with van der Waals surface area (Å²) in [5, 5.41) is 0. The topological polar surface area (TPSA) is 23.8 Å². The molecule has 1 nitrogen and oxygen atoms in total. The molecule has 1 rings (SSSR count). The minimum absolute atomic E-state index is 0.396. The summed E-state index contributed by atoms with van der Waals surface area (Å²) in [6.45, 7) is 2.43. The van der Waals surface area contributed by atoms with E-state index in [0.717, 1.165) is 5.56 Å². The molecule has 0 fully saturated rings. The summed E-state index contributed by atoms with van der Waals surface area (Å²) in [6, 6.07) is 7.98. The van der Waals surface area contributed by atoms with Crippen LogP contribution in [0, 0.1) is 6.92 Å². The van der Waals surface area contributed by atoms with Crippen molar-refractivity contribution in [1.29, 1.82) is 0 Å². The van der Waals surface area contributed by atoms with Crippen LogP contribution < -0.4 is 5.73 Å². The Morgan fingerprint density at radius 1 is 1.33 bits per heavy atom. The number of rotatable bonds is 1. The summed E-state index contributed by atoms with van der Waals surface area (Å²) in [5.74, 6) is 0. The molecule has 0 saturated carbocycles. The molecule has 0 aromatic heterocycles. The Labute approximate surface area is 55.5 Å². The minimum atomic E-state index is 0.396. The summed E-state index contributed by atoms with van der Waals surface area (Å²) in [5.41, 5.74) is 9.42. The van der Waals surface area contributed by atoms with E-state index in [0.29, 0.717) is 6.54 Å². The van der Waals surface area contributed by atoms with Gasteiger partial charge in [0.15, 0.2) is 0 Å². The van der Waals surface area contributed by atoms with Gasteiger partial charge >= 0.3 is 0 Å². The normalized spacial score (nSPS) is 9.56. The first-order chi connectivity index (χ1) is 4.34. The van der Waals surface area contributed by atoms with E-state index >= 15 is 0 Å². The molecule has 1 radical (unpaired) electrons. The first-order valence-corrected chi connectivity index (χ1v) is 3.03. The van der Waals surface area contributed by atoms with Crippen molar-refractivity contribution < 1.29 is 0 Å². The second kappa shape index (κ2) is 2.65. The molecule has 1 heteroatoms. The van der Waals surface area contributed by atoms with Crippen molar-refractivity contribution in [3.63, 3.8) is 0 Å². The lowest BCUT2D eigenvalue weighted by Crippen LogP contribution is -1.87. The zero-order chi connectivity index (χ0) is 6.69. The fourth-order valence-corrected chi connectivity index (χ4v) is 0.808. The Morgan fingerprint density at radius 2 is 2.00 bits per heavy atom. The average Bonchev–Trinajstić information content (AvgIpc) is 1.89. The Kier molecular flexibility index (Phi) is 1.85. The van der Waals surface area contributed by atoms with Crippen LogP contribution in [0.1, 0.15) is 11.1 Å². The van der Waals surface area contributed by atoms with Gasteiger partial charge in [-0.3, -0.25) is 5.73 Å². The van der Waals surface area contributed by atoms with Gasteiger partial charge in [0.25, 0.3) is 0 Å². The second-order valence-electron chi connectivity index (χ2n) is 2.10. The molecule has 1 aromatic carbocycles. The van der Waals surface area contributed by atoms with E-state index in [1.54, 1.807) is 0 Å². The first-order valence-electron chi connectivity index (χ1n) is 3.03. The van der Waals surface area contributed by atoms with Crippen LogP contribution in [0.25, 0.3) is 0 Å². The van der Waals surface area contributed by atoms with E-state index in [1.165, 1.54) is 5.56 Å². The molecule has 1 N–H and O–H groups in total. The summed E-state index contributed by atoms with van der Waals surface area (Å²) in [7, 11) is 0. The molecule has 1 aromatic rings. The van der Waals surface area contributed by atoms with Crippen LogP contribution >= 0.6 is 0 Å². The molecule has 0 heterocycles. The molecular formula is C8H10N. The summed E-state index contributed by atoms with van der Waals surface area (Å²) in [4.78, 5) is 0. The largest absolute Gasteiger partial charge is 0.253 e. The maximum absolute atomic E-state index is 7.08. The van der Waals surface area contributed by atoms with Crippen molar-refractivity contribution in [1.82, 2.24) is 5.73 Å². The van der Waals surface area contributed by atoms with Crippen LogP contribution in [0.15, 0.2) is 24.3 Å². The van der Waals surface area contributed by atoms with Gasteiger partial charge in [0.2, 0.25) is 0 Å². The quantitative estimate of drug-likeness (QED) is 0.539.